The lowest BCUT2D eigenvalue weighted by Gasteiger charge is -2.49. The van der Waals surface area contributed by atoms with Gasteiger partial charge >= 0.3 is 6.18 Å². The number of alkyl halides is 3. The second kappa shape index (κ2) is 11.7. The highest BCUT2D eigenvalue weighted by molar-refractivity contribution is 7.12. The number of thiophene rings is 1. The van der Waals surface area contributed by atoms with E-state index in [1.54, 1.807) is 79.9 Å². The van der Waals surface area contributed by atoms with E-state index in [-0.39, 0.29) is 16.8 Å². The Bertz CT molecular complexity index is 1460. The van der Waals surface area contributed by atoms with Gasteiger partial charge in [-0.1, -0.05) is 80.6 Å². The van der Waals surface area contributed by atoms with Crippen LogP contribution < -0.4 is 5.32 Å². The first-order valence-corrected chi connectivity index (χ1v) is 13.7. The summed E-state index contributed by atoms with van der Waals surface area (Å²) in [6.45, 7) is 4.29. The van der Waals surface area contributed by atoms with Gasteiger partial charge in [-0.3, -0.25) is 29.0 Å². The molecule has 0 saturated carbocycles. The molecule has 1 N–H and O–H groups in total. The van der Waals surface area contributed by atoms with Gasteiger partial charge in [0.05, 0.1) is 10.6 Å². The van der Waals surface area contributed by atoms with Crippen molar-refractivity contribution in [2.24, 2.45) is 5.92 Å². The highest BCUT2D eigenvalue weighted by Gasteiger charge is 2.61. The van der Waals surface area contributed by atoms with Gasteiger partial charge in [0.25, 0.3) is 17.6 Å². The quantitative estimate of drug-likeness (QED) is 0.392. The van der Waals surface area contributed by atoms with Crippen LogP contribution >= 0.6 is 11.3 Å². The number of hydrogen-bond acceptors (Lipinski definition) is 5. The molecule has 1 aliphatic heterocycles. The summed E-state index contributed by atoms with van der Waals surface area (Å²) < 4.78 is 43.3. The SMILES string of the molecule is CC(=O)NC(Cc1ccccc1)(C(=O)C(F)(F)F)N1C(=O)C(C(C)C)N(C(=O)c2cccs2)C=C1c1ccccc1. The van der Waals surface area contributed by atoms with Crippen LogP contribution in [0.1, 0.15) is 41.6 Å². The maximum absolute atomic E-state index is 14.5. The maximum atomic E-state index is 14.5. The second-order valence-electron chi connectivity index (χ2n) is 9.96. The van der Waals surface area contributed by atoms with Crippen molar-refractivity contribution < 1.29 is 32.3 Å². The minimum atomic E-state index is -5.43. The van der Waals surface area contributed by atoms with Crippen LogP contribution in [-0.2, 0) is 20.8 Å². The standard InChI is InChI=1S/C30H28F3N3O4S/c1-19(2)25-27(39)36(23(22-13-8-5-9-14-22)18-35(25)26(38)24-15-10-16-41-24)29(34-20(3)37,28(40)30(31,32)33)17-21-11-6-4-7-12-21/h4-16,18-19,25H,17H2,1-3H3,(H,34,37). The third kappa shape index (κ3) is 5.95. The van der Waals surface area contributed by atoms with Crippen LogP contribution in [0.2, 0.25) is 0 Å². The largest absolute Gasteiger partial charge is 0.454 e. The molecule has 214 valence electrons. The molecular weight excluding hydrogens is 555 g/mol. The number of ketones is 1. The van der Waals surface area contributed by atoms with E-state index in [0.29, 0.717) is 4.88 Å². The first kappa shape index (κ1) is 29.7. The van der Waals surface area contributed by atoms with E-state index in [0.717, 1.165) is 23.2 Å². The summed E-state index contributed by atoms with van der Waals surface area (Å²) >= 11 is 1.16. The van der Waals surface area contributed by atoms with Crippen LogP contribution in [0.4, 0.5) is 13.2 Å². The Morgan fingerprint density at radius 1 is 0.951 bits per heavy atom. The fourth-order valence-corrected chi connectivity index (χ4v) is 5.67. The van der Waals surface area contributed by atoms with Gasteiger partial charge < -0.3 is 5.32 Å². The van der Waals surface area contributed by atoms with E-state index in [1.807, 2.05) is 0 Å². The molecule has 1 aliphatic rings. The molecule has 0 fully saturated rings. The molecule has 11 heteroatoms. The van der Waals surface area contributed by atoms with E-state index in [4.69, 9.17) is 0 Å². The van der Waals surface area contributed by atoms with Gasteiger partial charge in [-0.15, -0.1) is 11.3 Å². The molecule has 3 amide bonds. The average Bonchev–Trinajstić information content (AvgIpc) is 3.46. The molecule has 3 aromatic rings. The van der Waals surface area contributed by atoms with Crippen molar-refractivity contribution in [1.29, 1.82) is 0 Å². The number of amides is 3. The zero-order valence-electron chi connectivity index (χ0n) is 22.5. The molecule has 0 spiro atoms. The van der Waals surface area contributed by atoms with E-state index < -0.39 is 53.7 Å². The number of benzene rings is 2. The zero-order valence-corrected chi connectivity index (χ0v) is 23.3. The van der Waals surface area contributed by atoms with Gasteiger partial charge in [0.2, 0.25) is 5.91 Å². The number of nitrogens with one attached hydrogen (secondary N) is 1. The number of rotatable bonds is 8. The van der Waals surface area contributed by atoms with Crippen LogP contribution in [0, 0.1) is 5.92 Å². The van der Waals surface area contributed by atoms with Crippen molar-refractivity contribution >= 4 is 40.5 Å². The molecule has 41 heavy (non-hydrogen) atoms. The fourth-order valence-electron chi connectivity index (χ4n) is 5.00. The zero-order chi connectivity index (χ0) is 29.9. The first-order chi connectivity index (χ1) is 19.4. The van der Waals surface area contributed by atoms with Crippen LogP contribution in [-0.4, -0.2) is 51.2 Å². The topological polar surface area (TPSA) is 86.8 Å². The lowest BCUT2D eigenvalue weighted by atomic mass is 9.87. The van der Waals surface area contributed by atoms with Crippen molar-refractivity contribution in [3.63, 3.8) is 0 Å². The molecule has 2 unspecified atom stereocenters. The normalized spacial score (nSPS) is 17.2. The maximum Gasteiger partial charge on any atom is 0.454 e. The minimum absolute atomic E-state index is 0.139. The van der Waals surface area contributed by atoms with Crippen molar-refractivity contribution in [3.8, 4) is 0 Å². The summed E-state index contributed by atoms with van der Waals surface area (Å²) in [6.07, 6.45) is -4.81. The summed E-state index contributed by atoms with van der Waals surface area (Å²) in [5, 5.41) is 3.93. The molecule has 0 saturated heterocycles. The number of carbonyl (C=O) groups is 4. The highest BCUT2D eigenvalue weighted by Crippen LogP contribution is 2.40. The number of Topliss-reactive ketones (excluding diaryl/α,β-unsaturated/α-hetero) is 1. The number of halogens is 3. The van der Waals surface area contributed by atoms with Gasteiger partial charge in [-0.2, -0.15) is 13.2 Å². The smallest absolute Gasteiger partial charge is 0.326 e. The van der Waals surface area contributed by atoms with Gasteiger partial charge in [-0.25, -0.2) is 0 Å². The van der Waals surface area contributed by atoms with E-state index in [2.05, 4.69) is 5.32 Å². The van der Waals surface area contributed by atoms with Gasteiger partial charge in [0.1, 0.15) is 6.04 Å². The molecule has 1 aromatic heterocycles. The number of carbonyl (C=O) groups excluding carboxylic acids is 4. The van der Waals surface area contributed by atoms with Crippen molar-refractivity contribution in [2.75, 3.05) is 0 Å². The Morgan fingerprint density at radius 3 is 2.07 bits per heavy atom. The van der Waals surface area contributed by atoms with Crippen molar-refractivity contribution in [2.45, 2.75) is 45.1 Å². The van der Waals surface area contributed by atoms with Gasteiger partial charge in [-0.05, 0) is 28.5 Å². The first-order valence-electron chi connectivity index (χ1n) is 12.8. The Kier molecular flexibility index (Phi) is 8.48. The van der Waals surface area contributed by atoms with Crippen molar-refractivity contribution in [3.05, 3.63) is 100 Å². The Balaban J connectivity index is 2.06. The van der Waals surface area contributed by atoms with E-state index in [1.165, 1.54) is 23.2 Å². The predicted octanol–water partition coefficient (Wildman–Crippen LogP) is 5.26. The highest BCUT2D eigenvalue weighted by atomic mass is 32.1. The third-order valence-corrected chi connectivity index (χ3v) is 7.50. The van der Waals surface area contributed by atoms with Gasteiger partial charge in [0, 0.05) is 19.5 Å². The summed E-state index contributed by atoms with van der Waals surface area (Å²) in [7, 11) is 0. The molecule has 2 aromatic carbocycles. The molecule has 0 bridgehead atoms. The molecule has 2 heterocycles. The molecule has 7 nitrogen and oxygen atoms in total. The Hall–Kier alpha value is -4.25. The molecular formula is C30H28F3N3O4S. The lowest BCUT2D eigenvalue weighted by Crippen LogP contribution is -2.73. The predicted molar refractivity (Wildman–Crippen MR) is 148 cm³/mol. The number of nitrogens with zero attached hydrogens (tertiary/aromatic N) is 2. The van der Waals surface area contributed by atoms with E-state index in [9.17, 15) is 32.3 Å². The van der Waals surface area contributed by atoms with Crippen LogP contribution in [0.3, 0.4) is 0 Å². The molecule has 0 aliphatic carbocycles. The Morgan fingerprint density at radius 2 is 1.56 bits per heavy atom. The van der Waals surface area contributed by atoms with Crippen molar-refractivity contribution in [1.82, 2.24) is 15.1 Å². The molecule has 0 radical (unpaired) electrons. The summed E-state index contributed by atoms with van der Waals surface area (Å²) in [5.74, 6) is -5.30. The van der Waals surface area contributed by atoms with Gasteiger partial charge in [0.15, 0.2) is 5.66 Å². The summed E-state index contributed by atoms with van der Waals surface area (Å²) in [4.78, 5) is 56.4. The summed E-state index contributed by atoms with van der Waals surface area (Å²) in [5.41, 5.74) is -2.49. The van der Waals surface area contributed by atoms with E-state index >= 15 is 0 Å². The second-order valence-corrected chi connectivity index (χ2v) is 10.9. The summed E-state index contributed by atoms with van der Waals surface area (Å²) in [6, 6.07) is 17.8. The Labute approximate surface area is 239 Å². The van der Waals surface area contributed by atoms with Crippen LogP contribution in [0.25, 0.3) is 5.70 Å². The third-order valence-electron chi connectivity index (χ3n) is 6.64. The molecule has 4 rings (SSSR count). The van der Waals surface area contributed by atoms with Crippen LogP contribution in [0.5, 0.6) is 0 Å². The fraction of sp³-hybridized carbons (Fsp3) is 0.267. The monoisotopic (exact) mass is 583 g/mol. The van der Waals surface area contributed by atoms with Crippen LogP contribution in [0.15, 0.2) is 84.4 Å². The number of hydrogen-bond donors (Lipinski definition) is 1. The minimum Gasteiger partial charge on any atom is -0.326 e. The molecule has 2 atom stereocenters. The lowest BCUT2D eigenvalue weighted by molar-refractivity contribution is -0.187. The average molecular weight is 584 g/mol.